The highest BCUT2D eigenvalue weighted by atomic mass is 16.6. The van der Waals surface area contributed by atoms with Crippen molar-refractivity contribution in [2.24, 2.45) is 5.10 Å². The summed E-state index contributed by atoms with van der Waals surface area (Å²) >= 11 is 0. The van der Waals surface area contributed by atoms with Crippen molar-refractivity contribution in [3.8, 4) is 5.75 Å². The van der Waals surface area contributed by atoms with Gasteiger partial charge in [0.05, 0.1) is 16.5 Å². The molecule has 0 aliphatic heterocycles. The number of amides is 1. The summed E-state index contributed by atoms with van der Waals surface area (Å²) < 4.78 is 1.27. The molecule has 0 radical (unpaired) electrons. The molecule has 1 heterocycles. The standard InChI is InChI=1S/C20H19N5O5/c1-2-3-10-24-20(28)15-7-5-4-6-14(15)18(23-24)19(27)22-21-12-13-8-9-17(26)16(11-13)25(29)30/h4-9,11-12,26H,2-3,10H2,1H3,(H,22,27)/b21-12+. The number of benzene rings is 2. The number of nitrogens with one attached hydrogen (secondary N) is 1. The number of nitrogens with zero attached hydrogens (tertiary/aromatic N) is 4. The molecule has 0 saturated heterocycles. The van der Waals surface area contributed by atoms with Crippen LogP contribution in [0.25, 0.3) is 10.8 Å². The second-order valence-electron chi connectivity index (χ2n) is 6.48. The predicted molar refractivity (Wildman–Crippen MR) is 111 cm³/mol. The first kappa shape index (κ1) is 20.6. The molecule has 0 saturated carbocycles. The van der Waals surface area contributed by atoms with Gasteiger partial charge in [0.15, 0.2) is 11.4 Å². The summed E-state index contributed by atoms with van der Waals surface area (Å²) in [6.07, 6.45) is 2.81. The molecule has 1 amide bonds. The Bertz CT molecular complexity index is 1200. The third-order valence-electron chi connectivity index (χ3n) is 4.38. The fourth-order valence-corrected chi connectivity index (χ4v) is 2.85. The number of nitro benzene ring substituents is 1. The van der Waals surface area contributed by atoms with E-state index < -0.39 is 22.3 Å². The van der Waals surface area contributed by atoms with Crippen molar-refractivity contribution in [2.45, 2.75) is 26.3 Å². The van der Waals surface area contributed by atoms with Gasteiger partial charge in [0.25, 0.3) is 11.5 Å². The summed E-state index contributed by atoms with van der Waals surface area (Å²) in [6, 6.07) is 10.4. The molecule has 0 aliphatic carbocycles. The number of rotatable bonds is 7. The second-order valence-corrected chi connectivity index (χ2v) is 6.48. The number of phenols is 1. The van der Waals surface area contributed by atoms with Crippen molar-refractivity contribution in [3.63, 3.8) is 0 Å². The zero-order valence-electron chi connectivity index (χ0n) is 16.1. The maximum absolute atomic E-state index is 12.7. The third-order valence-corrected chi connectivity index (χ3v) is 4.38. The Labute approximate surface area is 170 Å². The molecule has 0 atom stereocenters. The molecule has 2 aromatic carbocycles. The molecule has 0 unspecified atom stereocenters. The summed E-state index contributed by atoms with van der Waals surface area (Å²) in [6.45, 7) is 2.38. The van der Waals surface area contributed by atoms with Crippen molar-refractivity contribution in [2.75, 3.05) is 0 Å². The monoisotopic (exact) mass is 409 g/mol. The number of phenolic OH excluding ortho intramolecular Hbond substituents is 1. The minimum Gasteiger partial charge on any atom is -0.502 e. The number of aromatic nitrogens is 2. The topological polar surface area (TPSA) is 140 Å². The Morgan fingerprint density at radius 3 is 2.73 bits per heavy atom. The lowest BCUT2D eigenvalue weighted by molar-refractivity contribution is -0.385. The molecule has 154 valence electrons. The second kappa shape index (κ2) is 8.95. The zero-order valence-corrected chi connectivity index (χ0v) is 16.1. The lowest BCUT2D eigenvalue weighted by Gasteiger charge is -2.09. The van der Waals surface area contributed by atoms with E-state index in [1.807, 2.05) is 6.92 Å². The van der Waals surface area contributed by atoms with Gasteiger partial charge in [0, 0.05) is 23.6 Å². The SMILES string of the molecule is CCCCn1nc(C(=O)N/N=C/c2ccc(O)c([N+](=O)[O-])c2)c2ccccc2c1=O. The maximum Gasteiger partial charge on any atom is 0.311 e. The fraction of sp³-hybridized carbons (Fsp3) is 0.200. The lowest BCUT2D eigenvalue weighted by atomic mass is 10.1. The van der Waals surface area contributed by atoms with E-state index in [9.17, 15) is 24.8 Å². The average molecular weight is 409 g/mol. The average Bonchev–Trinajstić information content (AvgIpc) is 2.74. The predicted octanol–water partition coefficient (Wildman–Crippen LogP) is 2.57. The Hall–Kier alpha value is -4.08. The molecular formula is C20H19N5O5. The summed E-state index contributed by atoms with van der Waals surface area (Å²) in [7, 11) is 0. The number of hydrogen-bond acceptors (Lipinski definition) is 7. The van der Waals surface area contributed by atoms with Gasteiger partial charge in [0.1, 0.15) is 0 Å². The first-order valence-corrected chi connectivity index (χ1v) is 9.23. The van der Waals surface area contributed by atoms with Crippen LogP contribution < -0.4 is 11.0 Å². The zero-order chi connectivity index (χ0) is 21.7. The first-order valence-electron chi connectivity index (χ1n) is 9.23. The summed E-state index contributed by atoms with van der Waals surface area (Å²) in [5.74, 6) is -1.09. The van der Waals surface area contributed by atoms with Crippen LogP contribution in [0.2, 0.25) is 0 Å². The Morgan fingerprint density at radius 1 is 1.30 bits per heavy atom. The summed E-state index contributed by atoms with van der Waals surface area (Å²) in [5.41, 5.74) is 1.95. The van der Waals surface area contributed by atoms with Crippen molar-refractivity contribution in [1.82, 2.24) is 15.2 Å². The van der Waals surface area contributed by atoms with E-state index in [0.717, 1.165) is 18.9 Å². The van der Waals surface area contributed by atoms with Gasteiger partial charge in [-0.3, -0.25) is 19.7 Å². The molecular weight excluding hydrogens is 390 g/mol. The van der Waals surface area contributed by atoms with Crippen LogP contribution in [-0.4, -0.2) is 31.9 Å². The van der Waals surface area contributed by atoms with Crippen molar-refractivity contribution in [3.05, 3.63) is 74.2 Å². The Balaban J connectivity index is 1.89. The molecule has 2 N–H and O–H groups in total. The van der Waals surface area contributed by atoms with E-state index in [0.29, 0.717) is 22.9 Å². The van der Waals surface area contributed by atoms with Crippen LogP contribution in [0.4, 0.5) is 5.69 Å². The van der Waals surface area contributed by atoms with Gasteiger partial charge in [-0.25, -0.2) is 10.1 Å². The van der Waals surface area contributed by atoms with E-state index in [2.05, 4.69) is 15.6 Å². The molecule has 10 nitrogen and oxygen atoms in total. The van der Waals surface area contributed by atoms with Gasteiger partial charge < -0.3 is 5.11 Å². The number of hydrogen-bond donors (Lipinski definition) is 2. The highest BCUT2D eigenvalue weighted by Gasteiger charge is 2.16. The van der Waals surface area contributed by atoms with Crippen LogP contribution in [0.5, 0.6) is 5.75 Å². The normalized spacial score (nSPS) is 11.1. The molecule has 3 rings (SSSR count). The molecule has 0 aliphatic rings. The number of fused-ring (bicyclic) bond motifs is 1. The Morgan fingerprint density at radius 2 is 2.03 bits per heavy atom. The summed E-state index contributed by atoms with van der Waals surface area (Å²) in [4.78, 5) is 35.4. The van der Waals surface area contributed by atoms with Crippen LogP contribution >= 0.6 is 0 Å². The highest BCUT2D eigenvalue weighted by Crippen LogP contribution is 2.25. The molecule has 1 aromatic heterocycles. The highest BCUT2D eigenvalue weighted by molar-refractivity contribution is 6.05. The molecule has 3 aromatic rings. The van der Waals surface area contributed by atoms with E-state index in [1.165, 1.54) is 23.0 Å². The summed E-state index contributed by atoms with van der Waals surface area (Å²) in [5, 5.41) is 29.2. The van der Waals surface area contributed by atoms with Crippen LogP contribution in [0.3, 0.4) is 0 Å². The molecule has 30 heavy (non-hydrogen) atoms. The maximum atomic E-state index is 12.7. The van der Waals surface area contributed by atoms with E-state index >= 15 is 0 Å². The van der Waals surface area contributed by atoms with Gasteiger partial charge in [-0.05, 0) is 24.6 Å². The molecule has 0 fully saturated rings. The van der Waals surface area contributed by atoms with Gasteiger partial charge in [-0.15, -0.1) is 0 Å². The Kier molecular flexibility index (Phi) is 6.16. The largest absolute Gasteiger partial charge is 0.502 e. The molecule has 0 spiro atoms. The minimum atomic E-state index is -0.721. The number of carbonyl (C=O) groups excluding carboxylic acids is 1. The van der Waals surface area contributed by atoms with Gasteiger partial charge in [-0.1, -0.05) is 31.5 Å². The first-order chi connectivity index (χ1) is 14.4. The molecule has 0 bridgehead atoms. The van der Waals surface area contributed by atoms with E-state index in [1.54, 1.807) is 24.3 Å². The van der Waals surface area contributed by atoms with Crippen molar-refractivity contribution >= 4 is 28.6 Å². The molecule has 10 heteroatoms. The number of hydrazone groups is 1. The van der Waals surface area contributed by atoms with Crippen molar-refractivity contribution in [1.29, 1.82) is 0 Å². The number of aryl methyl sites for hydroxylation is 1. The smallest absolute Gasteiger partial charge is 0.311 e. The third kappa shape index (κ3) is 4.32. The number of aromatic hydroxyl groups is 1. The van der Waals surface area contributed by atoms with Gasteiger partial charge in [0.2, 0.25) is 0 Å². The van der Waals surface area contributed by atoms with E-state index in [4.69, 9.17) is 0 Å². The van der Waals surface area contributed by atoms with Crippen molar-refractivity contribution < 1.29 is 14.8 Å². The van der Waals surface area contributed by atoms with Crippen LogP contribution in [0, 0.1) is 10.1 Å². The van der Waals surface area contributed by atoms with Gasteiger partial charge >= 0.3 is 5.69 Å². The van der Waals surface area contributed by atoms with Crippen LogP contribution in [-0.2, 0) is 6.54 Å². The van der Waals surface area contributed by atoms with Gasteiger partial charge in [-0.2, -0.15) is 10.2 Å². The minimum absolute atomic E-state index is 0.0511. The fourth-order valence-electron chi connectivity index (χ4n) is 2.85. The number of carbonyl (C=O) groups is 1. The number of unbranched alkanes of at least 4 members (excludes halogenated alkanes) is 1. The van der Waals surface area contributed by atoms with E-state index in [-0.39, 0.29) is 11.3 Å². The quantitative estimate of drug-likeness (QED) is 0.349. The van der Waals surface area contributed by atoms with Crippen LogP contribution in [0.1, 0.15) is 35.8 Å². The van der Waals surface area contributed by atoms with Crippen LogP contribution in [0.15, 0.2) is 52.4 Å². The lowest BCUT2D eigenvalue weighted by Crippen LogP contribution is -2.29. The number of nitro groups is 1.